The zero-order chi connectivity index (χ0) is 13.9. The predicted octanol–water partition coefficient (Wildman–Crippen LogP) is 4.44. The van der Waals surface area contributed by atoms with Crippen molar-refractivity contribution in [1.82, 2.24) is 4.98 Å². The van der Waals surface area contributed by atoms with Crippen LogP contribution < -0.4 is 11.1 Å². The fourth-order valence-corrected chi connectivity index (χ4v) is 2.91. The van der Waals surface area contributed by atoms with Gasteiger partial charge in [-0.05, 0) is 25.1 Å². The van der Waals surface area contributed by atoms with Crippen LogP contribution in [-0.4, -0.2) is 4.98 Å². The lowest BCUT2D eigenvalue weighted by Crippen LogP contribution is -1.91. The minimum Gasteiger partial charge on any atom is -0.399 e. The van der Waals surface area contributed by atoms with Crippen LogP contribution in [0.15, 0.2) is 54.6 Å². The van der Waals surface area contributed by atoms with Crippen LogP contribution in [0, 0.1) is 6.92 Å². The third kappa shape index (κ3) is 2.65. The normalized spacial score (nSPS) is 10.4. The molecule has 0 radical (unpaired) electrons. The molecule has 3 N–H and O–H groups in total. The largest absolute Gasteiger partial charge is 0.399 e. The van der Waals surface area contributed by atoms with Gasteiger partial charge >= 0.3 is 0 Å². The Bertz CT molecular complexity index is 720. The highest BCUT2D eigenvalue weighted by Crippen LogP contribution is 2.31. The van der Waals surface area contributed by atoms with Crippen molar-refractivity contribution in [3.63, 3.8) is 0 Å². The van der Waals surface area contributed by atoms with E-state index in [0.29, 0.717) is 0 Å². The second-order valence-corrected chi connectivity index (χ2v) is 5.74. The molecule has 0 saturated carbocycles. The molecular formula is C16H15N3S. The maximum absolute atomic E-state index is 5.78. The number of nitrogens with one attached hydrogen (secondary N) is 1. The van der Waals surface area contributed by atoms with Crippen molar-refractivity contribution < 1.29 is 0 Å². The Morgan fingerprint density at radius 2 is 1.85 bits per heavy atom. The van der Waals surface area contributed by atoms with Gasteiger partial charge in [-0.3, -0.25) is 0 Å². The lowest BCUT2D eigenvalue weighted by Gasteiger charge is -2.02. The third-order valence-corrected chi connectivity index (χ3v) is 3.87. The van der Waals surface area contributed by atoms with E-state index in [1.807, 2.05) is 42.5 Å². The molecule has 1 aromatic heterocycles. The molecule has 100 valence electrons. The Hall–Kier alpha value is -2.33. The van der Waals surface area contributed by atoms with Crippen LogP contribution in [0.25, 0.3) is 11.3 Å². The summed E-state index contributed by atoms with van der Waals surface area (Å²) in [7, 11) is 0. The van der Waals surface area contributed by atoms with E-state index >= 15 is 0 Å². The minimum absolute atomic E-state index is 0.742. The van der Waals surface area contributed by atoms with Crippen molar-refractivity contribution in [2.45, 2.75) is 6.92 Å². The SMILES string of the molecule is Cc1sc(Nc2cccc(N)c2)nc1-c1ccccc1. The Kier molecular flexibility index (Phi) is 3.39. The zero-order valence-corrected chi connectivity index (χ0v) is 11.9. The average Bonchev–Trinajstić information content (AvgIpc) is 2.80. The van der Waals surface area contributed by atoms with E-state index in [2.05, 4.69) is 29.4 Å². The fraction of sp³-hybridized carbons (Fsp3) is 0.0625. The van der Waals surface area contributed by atoms with E-state index in [-0.39, 0.29) is 0 Å². The summed E-state index contributed by atoms with van der Waals surface area (Å²) >= 11 is 1.65. The zero-order valence-electron chi connectivity index (χ0n) is 11.1. The molecule has 0 aliphatic rings. The van der Waals surface area contributed by atoms with Crippen molar-refractivity contribution in [1.29, 1.82) is 0 Å². The monoisotopic (exact) mass is 281 g/mol. The van der Waals surface area contributed by atoms with Crippen molar-refractivity contribution >= 4 is 27.8 Å². The quantitative estimate of drug-likeness (QED) is 0.698. The highest BCUT2D eigenvalue weighted by Gasteiger charge is 2.09. The summed E-state index contributed by atoms with van der Waals surface area (Å²) in [5.74, 6) is 0. The summed E-state index contributed by atoms with van der Waals surface area (Å²) in [6.07, 6.45) is 0. The lowest BCUT2D eigenvalue weighted by atomic mass is 10.1. The molecule has 3 aromatic rings. The third-order valence-electron chi connectivity index (χ3n) is 2.98. The number of hydrogen-bond donors (Lipinski definition) is 2. The summed E-state index contributed by atoms with van der Waals surface area (Å²) < 4.78 is 0. The molecule has 0 saturated heterocycles. The molecule has 3 nitrogen and oxygen atoms in total. The maximum Gasteiger partial charge on any atom is 0.187 e. The van der Waals surface area contributed by atoms with Gasteiger partial charge in [0.25, 0.3) is 0 Å². The van der Waals surface area contributed by atoms with Crippen LogP contribution in [-0.2, 0) is 0 Å². The first-order valence-electron chi connectivity index (χ1n) is 6.38. The second-order valence-electron chi connectivity index (χ2n) is 4.54. The van der Waals surface area contributed by atoms with Crippen LogP contribution in [0.5, 0.6) is 0 Å². The number of nitrogens with two attached hydrogens (primary N) is 1. The number of thiazole rings is 1. The van der Waals surface area contributed by atoms with E-state index in [1.165, 1.54) is 4.88 Å². The van der Waals surface area contributed by atoms with Gasteiger partial charge in [-0.1, -0.05) is 36.4 Å². The molecule has 20 heavy (non-hydrogen) atoms. The topological polar surface area (TPSA) is 50.9 Å². The number of rotatable bonds is 3. The van der Waals surface area contributed by atoms with Crippen LogP contribution >= 0.6 is 11.3 Å². The molecule has 0 aliphatic heterocycles. The van der Waals surface area contributed by atoms with Crippen LogP contribution in [0.2, 0.25) is 0 Å². The van der Waals surface area contributed by atoms with Crippen molar-refractivity contribution in [3.8, 4) is 11.3 Å². The van der Waals surface area contributed by atoms with Crippen LogP contribution in [0.4, 0.5) is 16.5 Å². The Labute approximate surface area is 122 Å². The maximum atomic E-state index is 5.78. The van der Waals surface area contributed by atoms with Gasteiger partial charge in [0.2, 0.25) is 0 Å². The number of nitrogens with zero attached hydrogens (tertiary/aromatic N) is 1. The molecule has 0 fully saturated rings. The van der Waals surface area contributed by atoms with E-state index < -0.39 is 0 Å². The van der Waals surface area contributed by atoms with E-state index in [4.69, 9.17) is 5.73 Å². The van der Waals surface area contributed by atoms with Gasteiger partial charge in [-0.15, -0.1) is 11.3 Å². The molecule has 0 bridgehead atoms. The summed E-state index contributed by atoms with van der Waals surface area (Å²) in [4.78, 5) is 5.87. The van der Waals surface area contributed by atoms with Gasteiger partial charge in [0.05, 0.1) is 5.69 Å². The van der Waals surface area contributed by atoms with Gasteiger partial charge in [0.15, 0.2) is 5.13 Å². The standard InChI is InChI=1S/C16H15N3S/c1-11-15(12-6-3-2-4-7-12)19-16(20-11)18-14-9-5-8-13(17)10-14/h2-10H,17H2,1H3,(H,18,19). The fourth-order valence-electron chi connectivity index (χ4n) is 2.05. The van der Waals surface area contributed by atoms with Crippen molar-refractivity contribution in [2.75, 3.05) is 11.1 Å². The van der Waals surface area contributed by atoms with Crippen LogP contribution in [0.3, 0.4) is 0 Å². The predicted molar refractivity (Wildman–Crippen MR) is 86.4 cm³/mol. The summed E-state index contributed by atoms with van der Waals surface area (Å²) in [5, 5.41) is 4.18. The van der Waals surface area contributed by atoms with E-state index in [1.54, 1.807) is 11.3 Å². The molecule has 0 spiro atoms. The molecule has 4 heteroatoms. The van der Waals surface area contributed by atoms with Crippen molar-refractivity contribution in [3.05, 3.63) is 59.5 Å². The molecule has 1 heterocycles. The lowest BCUT2D eigenvalue weighted by molar-refractivity contribution is 1.36. The number of aryl methyl sites for hydroxylation is 1. The molecule has 3 rings (SSSR count). The molecule has 0 aliphatic carbocycles. The number of hydrogen-bond acceptors (Lipinski definition) is 4. The summed E-state index contributed by atoms with van der Waals surface area (Å²) in [6.45, 7) is 2.09. The number of anilines is 3. The number of benzene rings is 2. The van der Waals surface area contributed by atoms with Gasteiger partial charge in [0.1, 0.15) is 0 Å². The molecule has 0 atom stereocenters. The first-order valence-corrected chi connectivity index (χ1v) is 7.19. The Morgan fingerprint density at radius 1 is 1.05 bits per heavy atom. The summed E-state index contributed by atoms with van der Waals surface area (Å²) in [6, 6.07) is 17.9. The van der Waals surface area contributed by atoms with Gasteiger partial charge < -0.3 is 11.1 Å². The molecule has 2 aromatic carbocycles. The van der Waals surface area contributed by atoms with E-state index in [9.17, 15) is 0 Å². The first kappa shape index (κ1) is 12.7. The molecular weight excluding hydrogens is 266 g/mol. The summed E-state index contributed by atoms with van der Waals surface area (Å²) in [5.41, 5.74) is 9.65. The van der Waals surface area contributed by atoms with Gasteiger partial charge in [0, 0.05) is 21.8 Å². The minimum atomic E-state index is 0.742. The van der Waals surface area contributed by atoms with Crippen molar-refractivity contribution in [2.24, 2.45) is 0 Å². The van der Waals surface area contributed by atoms with E-state index in [0.717, 1.165) is 27.8 Å². The average molecular weight is 281 g/mol. The highest BCUT2D eigenvalue weighted by molar-refractivity contribution is 7.16. The van der Waals surface area contributed by atoms with Gasteiger partial charge in [-0.2, -0.15) is 0 Å². The number of nitrogen functional groups attached to an aromatic ring is 1. The Balaban J connectivity index is 1.90. The smallest absolute Gasteiger partial charge is 0.187 e. The molecule has 0 unspecified atom stereocenters. The first-order chi connectivity index (χ1) is 9.72. The highest BCUT2D eigenvalue weighted by atomic mass is 32.1. The molecule has 0 amide bonds. The number of aromatic nitrogens is 1. The second kappa shape index (κ2) is 5.35. The van der Waals surface area contributed by atoms with Crippen LogP contribution in [0.1, 0.15) is 4.88 Å². The van der Waals surface area contributed by atoms with Gasteiger partial charge in [-0.25, -0.2) is 4.98 Å². The Morgan fingerprint density at radius 3 is 2.60 bits per heavy atom.